The number of likely N-dealkylation sites (N-methyl/N-ethyl adjacent to an activating group) is 1. The lowest BCUT2D eigenvalue weighted by Gasteiger charge is -2.19. The van der Waals surface area contributed by atoms with Crippen molar-refractivity contribution >= 4 is 27.3 Å². The summed E-state index contributed by atoms with van der Waals surface area (Å²) in [4.78, 5) is 6.76. The predicted octanol–water partition coefficient (Wildman–Crippen LogP) is 2.90. The molecular formula is C11H20BrN3S. The van der Waals surface area contributed by atoms with Gasteiger partial charge in [-0.05, 0) is 35.9 Å². The molecule has 5 heteroatoms. The fourth-order valence-corrected chi connectivity index (χ4v) is 2.80. The van der Waals surface area contributed by atoms with Gasteiger partial charge in [-0.3, -0.25) is 0 Å². The third-order valence-corrected chi connectivity index (χ3v) is 4.30. The van der Waals surface area contributed by atoms with Crippen molar-refractivity contribution in [3.05, 3.63) is 15.0 Å². The summed E-state index contributed by atoms with van der Waals surface area (Å²) in [6.45, 7) is 10.9. The van der Waals surface area contributed by atoms with Gasteiger partial charge in [-0.25, -0.2) is 4.98 Å². The van der Waals surface area contributed by atoms with E-state index in [1.807, 2.05) is 6.20 Å². The Labute approximate surface area is 110 Å². The van der Waals surface area contributed by atoms with Crippen LogP contribution in [0, 0.1) is 0 Å². The Balaban J connectivity index is 2.27. The van der Waals surface area contributed by atoms with Crippen LogP contribution >= 0.6 is 27.3 Å². The van der Waals surface area contributed by atoms with Gasteiger partial charge in [0.1, 0.15) is 5.01 Å². The number of nitrogens with one attached hydrogen (secondary N) is 1. The molecule has 92 valence electrons. The third kappa shape index (κ3) is 4.49. The lowest BCUT2D eigenvalue weighted by atomic mass is 10.3. The second-order valence-electron chi connectivity index (χ2n) is 3.71. The molecule has 0 spiro atoms. The van der Waals surface area contributed by atoms with Crippen LogP contribution in [0.15, 0.2) is 9.98 Å². The van der Waals surface area contributed by atoms with E-state index in [0.717, 1.165) is 35.0 Å². The fourth-order valence-electron chi connectivity index (χ4n) is 1.53. The van der Waals surface area contributed by atoms with Gasteiger partial charge in [-0.1, -0.05) is 13.8 Å². The maximum atomic E-state index is 4.35. The molecule has 0 bridgehead atoms. The summed E-state index contributed by atoms with van der Waals surface area (Å²) in [6, 6.07) is 0.340. The Hall–Kier alpha value is 0.0300. The quantitative estimate of drug-likeness (QED) is 0.839. The number of aromatic nitrogens is 1. The Morgan fingerprint density at radius 1 is 1.50 bits per heavy atom. The first-order valence-electron chi connectivity index (χ1n) is 5.74. The average Bonchev–Trinajstić information content (AvgIpc) is 2.71. The Morgan fingerprint density at radius 3 is 2.69 bits per heavy atom. The van der Waals surface area contributed by atoms with Crippen molar-refractivity contribution in [1.82, 2.24) is 15.2 Å². The molecule has 1 rings (SSSR count). The molecule has 0 saturated carbocycles. The Morgan fingerprint density at radius 2 is 2.19 bits per heavy atom. The molecule has 0 aliphatic rings. The first-order chi connectivity index (χ1) is 7.67. The van der Waals surface area contributed by atoms with Gasteiger partial charge in [-0.2, -0.15) is 0 Å². The van der Waals surface area contributed by atoms with Gasteiger partial charge in [0.15, 0.2) is 0 Å². The van der Waals surface area contributed by atoms with E-state index in [2.05, 4.69) is 51.9 Å². The molecule has 1 aromatic rings. The minimum atomic E-state index is 0.340. The first-order valence-corrected chi connectivity index (χ1v) is 7.35. The highest BCUT2D eigenvalue weighted by Gasteiger charge is 2.09. The van der Waals surface area contributed by atoms with Gasteiger partial charge in [-0.15, -0.1) is 11.3 Å². The minimum absolute atomic E-state index is 0.340. The number of hydrogen-bond acceptors (Lipinski definition) is 4. The van der Waals surface area contributed by atoms with Crippen LogP contribution < -0.4 is 5.32 Å². The second-order valence-corrected chi connectivity index (χ2v) is 6.15. The van der Waals surface area contributed by atoms with Crippen molar-refractivity contribution in [2.24, 2.45) is 0 Å². The third-order valence-electron chi connectivity index (χ3n) is 2.64. The molecule has 0 aliphatic heterocycles. The van der Waals surface area contributed by atoms with Crippen molar-refractivity contribution in [2.45, 2.75) is 26.8 Å². The van der Waals surface area contributed by atoms with Crippen molar-refractivity contribution in [1.29, 1.82) is 0 Å². The van der Waals surface area contributed by atoms with Crippen molar-refractivity contribution in [3.8, 4) is 0 Å². The minimum Gasteiger partial charge on any atom is -0.307 e. The molecule has 1 atom stereocenters. The molecule has 0 radical (unpaired) electrons. The molecule has 0 aliphatic carbocycles. The average molecular weight is 306 g/mol. The molecular weight excluding hydrogens is 286 g/mol. The molecule has 16 heavy (non-hydrogen) atoms. The van der Waals surface area contributed by atoms with Gasteiger partial charge in [0.05, 0.1) is 16.0 Å². The van der Waals surface area contributed by atoms with Gasteiger partial charge in [0.2, 0.25) is 0 Å². The van der Waals surface area contributed by atoms with E-state index in [4.69, 9.17) is 0 Å². The van der Waals surface area contributed by atoms with Crippen LogP contribution in [0.25, 0.3) is 0 Å². The standard InChI is InChI=1S/C11H20BrN3S/c1-4-15(5-2)7-6-13-9(3)11-14-8-10(12)16-11/h8-9,13H,4-7H2,1-3H3. The highest BCUT2D eigenvalue weighted by Crippen LogP contribution is 2.23. The molecule has 0 amide bonds. The van der Waals surface area contributed by atoms with E-state index >= 15 is 0 Å². The first kappa shape index (κ1) is 14.1. The zero-order valence-electron chi connectivity index (χ0n) is 10.2. The number of rotatable bonds is 7. The number of hydrogen-bond donors (Lipinski definition) is 1. The maximum Gasteiger partial charge on any atom is 0.110 e. The molecule has 0 aromatic carbocycles. The zero-order valence-corrected chi connectivity index (χ0v) is 12.6. The summed E-state index contributed by atoms with van der Waals surface area (Å²) in [5.74, 6) is 0. The Bertz CT molecular complexity index is 299. The van der Waals surface area contributed by atoms with E-state index in [0.29, 0.717) is 6.04 Å². The summed E-state index contributed by atoms with van der Waals surface area (Å²) in [6.07, 6.45) is 1.86. The van der Waals surface area contributed by atoms with E-state index in [1.54, 1.807) is 11.3 Å². The van der Waals surface area contributed by atoms with Crippen LogP contribution in [0.2, 0.25) is 0 Å². The van der Waals surface area contributed by atoms with Gasteiger partial charge >= 0.3 is 0 Å². The second kappa shape index (κ2) is 7.37. The summed E-state index contributed by atoms with van der Waals surface area (Å²) in [7, 11) is 0. The number of thiazole rings is 1. The monoisotopic (exact) mass is 305 g/mol. The van der Waals surface area contributed by atoms with E-state index in [9.17, 15) is 0 Å². The van der Waals surface area contributed by atoms with Crippen molar-refractivity contribution in [3.63, 3.8) is 0 Å². The van der Waals surface area contributed by atoms with Gasteiger partial charge in [0, 0.05) is 13.1 Å². The maximum absolute atomic E-state index is 4.35. The zero-order chi connectivity index (χ0) is 12.0. The van der Waals surface area contributed by atoms with Crippen LogP contribution in [0.4, 0.5) is 0 Å². The highest BCUT2D eigenvalue weighted by atomic mass is 79.9. The summed E-state index contributed by atoms with van der Waals surface area (Å²) in [5.41, 5.74) is 0. The van der Waals surface area contributed by atoms with Gasteiger partial charge < -0.3 is 10.2 Å². The van der Waals surface area contributed by atoms with Gasteiger partial charge in [0.25, 0.3) is 0 Å². The molecule has 1 heterocycles. The van der Waals surface area contributed by atoms with Crippen LogP contribution in [0.3, 0.4) is 0 Å². The van der Waals surface area contributed by atoms with Crippen LogP contribution in [0.1, 0.15) is 31.8 Å². The largest absolute Gasteiger partial charge is 0.307 e. The summed E-state index contributed by atoms with van der Waals surface area (Å²) >= 11 is 5.13. The van der Waals surface area contributed by atoms with E-state index in [-0.39, 0.29) is 0 Å². The normalized spacial score (nSPS) is 13.3. The molecule has 0 fully saturated rings. The fraction of sp³-hybridized carbons (Fsp3) is 0.727. The smallest absolute Gasteiger partial charge is 0.110 e. The van der Waals surface area contributed by atoms with E-state index < -0.39 is 0 Å². The van der Waals surface area contributed by atoms with Crippen LogP contribution in [-0.4, -0.2) is 36.1 Å². The molecule has 1 N–H and O–H groups in total. The lowest BCUT2D eigenvalue weighted by molar-refractivity contribution is 0.298. The Kier molecular flexibility index (Phi) is 6.49. The predicted molar refractivity (Wildman–Crippen MR) is 74.0 cm³/mol. The summed E-state index contributed by atoms with van der Waals surface area (Å²) < 4.78 is 1.10. The number of halogens is 1. The molecule has 0 saturated heterocycles. The topological polar surface area (TPSA) is 28.2 Å². The molecule has 1 aromatic heterocycles. The van der Waals surface area contributed by atoms with E-state index in [1.165, 1.54) is 0 Å². The SMILES string of the molecule is CCN(CC)CCNC(C)c1ncc(Br)s1. The molecule has 1 unspecified atom stereocenters. The van der Waals surface area contributed by atoms with Crippen LogP contribution in [-0.2, 0) is 0 Å². The van der Waals surface area contributed by atoms with Crippen molar-refractivity contribution in [2.75, 3.05) is 26.2 Å². The highest BCUT2D eigenvalue weighted by molar-refractivity contribution is 9.11. The molecule has 3 nitrogen and oxygen atoms in total. The van der Waals surface area contributed by atoms with Crippen molar-refractivity contribution < 1.29 is 0 Å². The van der Waals surface area contributed by atoms with Crippen LogP contribution in [0.5, 0.6) is 0 Å². The lowest BCUT2D eigenvalue weighted by Crippen LogP contribution is -2.32. The summed E-state index contributed by atoms with van der Waals surface area (Å²) in [5, 5.41) is 4.64. The number of nitrogens with zero attached hydrogens (tertiary/aromatic N) is 2.